The Bertz CT molecular complexity index is 1400. The minimum atomic E-state index is -1.39. The normalized spacial score (nSPS) is 23.0. The molecule has 1 amide bonds. The van der Waals surface area contributed by atoms with Gasteiger partial charge in [0, 0.05) is 0 Å². The number of allylic oxidation sites excluding steroid dienone is 2. The minimum Gasteiger partial charge on any atom is -0.385 e. The largest absolute Gasteiger partial charge is 0.385 e. The molecule has 35 heavy (non-hydrogen) atoms. The molecule has 0 radical (unpaired) electrons. The number of benzene rings is 2. The first-order chi connectivity index (χ1) is 16.9. The van der Waals surface area contributed by atoms with Crippen LogP contribution in [0.4, 0.5) is 10.1 Å². The van der Waals surface area contributed by atoms with Gasteiger partial charge in [-0.25, -0.2) is 9.49 Å². The molecule has 2 unspecified atom stereocenters. The molecule has 2 heterocycles. The van der Waals surface area contributed by atoms with E-state index in [1.54, 1.807) is 32.1 Å². The monoisotopic (exact) mass is 472 g/mol. The van der Waals surface area contributed by atoms with E-state index in [1.165, 1.54) is 18.2 Å². The van der Waals surface area contributed by atoms with Gasteiger partial charge in [-0.05, 0) is 65.2 Å². The number of aliphatic hydroxyl groups is 1. The zero-order valence-electron chi connectivity index (χ0n) is 18.8. The second-order valence-corrected chi connectivity index (χ2v) is 8.18. The maximum atomic E-state index is 13.7. The number of hydrogen-bond donors (Lipinski definition) is 3. The van der Waals surface area contributed by atoms with E-state index in [1.807, 2.05) is 30.3 Å². The highest BCUT2D eigenvalue weighted by Gasteiger charge is 2.45. The molecule has 2 atom stereocenters. The van der Waals surface area contributed by atoms with Crippen LogP contribution in [0.5, 0.6) is 0 Å². The summed E-state index contributed by atoms with van der Waals surface area (Å²) in [5.41, 5.74) is 4.15. The Morgan fingerprint density at radius 2 is 2.00 bits per heavy atom. The van der Waals surface area contributed by atoms with Crippen LogP contribution in [0.2, 0.25) is 0 Å². The number of aliphatic hydroxyl groups excluding tert-OH is 1. The van der Waals surface area contributed by atoms with Crippen LogP contribution >= 0.6 is 0 Å². The number of aromatic amines is 1. The Morgan fingerprint density at radius 3 is 2.71 bits per heavy atom. The van der Waals surface area contributed by atoms with E-state index in [0.29, 0.717) is 22.5 Å². The molecule has 0 spiro atoms. The summed E-state index contributed by atoms with van der Waals surface area (Å²) in [6, 6.07) is 13.7. The Hall–Kier alpha value is -4.51. The second kappa shape index (κ2) is 8.69. The van der Waals surface area contributed by atoms with Crippen molar-refractivity contribution in [3.63, 3.8) is 0 Å². The molecule has 3 N–H and O–H groups in total. The molecule has 5 rings (SSSR count). The lowest BCUT2D eigenvalue weighted by atomic mass is 9.80. The number of tetrazole rings is 1. The van der Waals surface area contributed by atoms with Crippen LogP contribution in [0.25, 0.3) is 5.57 Å². The summed E-state index contributed by atoms with van der Waals surface area (Å²) < 4.78 is 13.7. The topological polar surface area (TPSA) is 132 Å². The average molecular weight is 472 g/mol. The molecule has 2 aliphatic rings. The molecule has 10 nitrogen and oxygen atoms in total. The maximum Gasteiger partial charge on any atom is 0.301 e. The van der Waals surface area contributed by atoms with Crippen LogP contribution in [0.15, 0.2) is 77.0 Å². The molecule has 0 bridgehead atoms. The summed E-state index contributed by atoms with van der Waals surface area (Å²) in [6.45, 7) is 3.25. The Morgan fingerprint density at radius 1 is 1.20 bits per heavy atom. The number of nitrogens with one attached hydrogen (secondary N) is 2. The lowest BCUT2D eigenvalue weighted by Gasteiger charge is -2.36. The predicted molar refractivity (Wildman–Crippen MR) is 128 cm³/mol. The van der Waals surface area contributed by atoms with Crippen molar-refractivity contribution in [2.75, 3.05) is 5.01 Å². The Kier molecular flexibility index (Phi) is 5.53. The predicted octanol–water partition coefficient (Wildman–Crippen LogP) is 2.23. The van der Waals surface area contributed by atoms with Gasteiger partial charge in [-0.15, -0.1) is 5.10 Å². The highest BCUT2D eigenvalue weighted by molar-refractivity contribution is 6.71. The number of aryl methyl sites for hydroxylation is 1. The van der Waals surface area contributed by atoms with Crippen molar-refractivity contribution in [3.05, 3.63) is 89.5 Å². The number of H-pyrrole nitrogens is 1. The second-order valence-electron chi connectivity index (χ2n) is 8.18. The zero-order chi connectivity index (χ0) is 24.6. The van der Waals surface area contributed by atoms with Crippen LogP contribution in [-0.4, -0.2) is 49.2 Å². The van der Waals surface area contributed by atoms with Crippen molar-refractivity contribution < 1.29 is 14.3 Å². The number of carbonyl (C=O) groups excluding carboxylic acids is 1. The molecule has 2 aromatic carbocycles. The van der Waals surface area contributed by atoms with Crippen LogP contribution in [0.3, 0.4) is 0 Å². The number of aromatic nitrogens is 4. The number of halogens is 1. The summed E-state index contributed by atoms with van der Waals surface area (Å²) in [7, 11) is 0. The van der Waals surface area contributed by atoms with E-state index in [0.717, 1.165) is 10.6 Å². The molecule has 11 heteroatoms. The molecule has 1 aromatic heterocycles. The third-order valence-corrected chi connectivity index (χ3v) is 5.93. The van der Waals surface area contributed by atoms with E-state index in [2.05, 4.69) is 36.3 Å². The molecule has 1 aliphatic heterocycles. The highest BCUT2D eigenvalue weighted by atomic mass is 19.1. The van der Waals surface area contributed by atoms with E-state index >= 15 is 0 Å². The first-order valence-electron chi connectivity index (χ1n) is 10.8. The van der Waals surface area contributed by atoms with E-state index < -0.39 is 17.6 Å². The van der Waals surface area contributed by atoms with Crippen LogP contribution in [0, 0.1) is 12.7 Å². The van der Waals surface area contributed by atoms with Crippen molar-refractivity contribution in [2.45, 2.75) is 25.5 Å². The first kappa shape index (κ1) is 22.3. The summed E-state index contributed by atoms with van der Waals surface area (Å²) in [5.74, 6) is -0.669. The van der Waals surface area contributed by atoms with E-state index in [-0.39, 0.29) is 17.4 Å². The molecule has 3 aromatic rings. The van der Waals surface area contributed by atoms with Crippen LogP contribution in [0.1, 0.15) is 23.9 Å². The number of carbonyl (C=O) groups is 1. The van der Waals surface area contributed by atoms with E-state index in [4.69, 9.17) is 0 Å². The van der Waals surface area contributed by atoms with E-state index in [9.17, 15) is 14.3 Å². The summed E-state index contributed by atoms with van der Waals surface area (Å²) in [4.78, 5) is 13.2. The number of anilines is 1. The highest BCUT2D eigenvalue weighted by Crippen LogP contribution is 2.36. The van der Waals surface area contributed by atoms with Crippen LogP contribution < -0.4 is 10.4 Å². The summed E-state index contributed by atoms with van der Waals surface area (Å²) in [5, 5.41) is 35.3. The van der Waals surface area contributed by atoms with Gasteiger partial charge in [0.25, 0.3) is 0 Å². The number of rotatable bonds is 5. The van der Waals surface area contributed by atoms with Gasteiger partial charge in [0.1, 0.15) is 11.9 Å². The number of nitrogens with zero attached hydrogens (tertiary/aromatic N) is 6. The minimum absolute atomic E-state index is 0.0373. The van der Waals surface area contributed by atoms with Gasteiger partial charge in [0.05, 0.1) is 11.4 Å². The van der Waals surface area contributed by atoms with Crippen molar-refractivity contribution >= 4 is 28.6 Å². The Labute approximate surface area is 199 Å². The number of amides is 1. The number of hydrazone groups is 2. The molecule has 0 saturated heterocycles. The third kappa shape index (κ3) is 3.81. The summed E-state index contributed by atoms with van der Waals surface area (Å²) in [6.07, 6.45) is 4.07. The smallest absolute Gasteiger partial charge is 0.301 e. The fourth-order valence-corrected chi connectivity index (χ4v) is 4.02. The van der Waals surface area contributed by atoms with Gasteiger partial charge >= 0.3 is 5.91 Å². The standard InChI is InChI=1S/C24H21FN8O2/c1-14-13-17(10-11-19(14)25)33-22(35)20(15(2)29-33)26-30-24(23-27-31-32-28-23)12-6-9-18(21(24)34)16-7-4-3-5-8-16/h3-13,21,30,34H,1-2H3,(H,27,28,31,32). The molecule has 0 saturated carbocycles. The van der Waals surface area contributed by atoms with Gasteiger partial charge < -0.3 is 5.11 Å². The molecule has 1 aliphatic carbocycles. The van der Waals surface area contributed by atoms with Crippen LogP contribution in [-0.2, 0) is 10.3 Å². The third-order valence-electron chi connectivity index (χ3n) is 5.93. The summed E-state index contributed by atoms with van der Waals surface area (Å²) >= 11 is 0. The average Bonchev–Trinajstić information content (AvgIpc) is 3.50. The van der Waals surface area contributed by atoms with Gasteiger partial charge in [-0.2, -0.15) is 15.2 Å². The first-order valence-corrected chi connectivity index (χ1v) is 10.8. The van der Waals surface area contributed by atoms with Gasteiger partial charge in [0.2, 0.25) is 0 Å². The van der Waals surface area contributed by atoms with Crippen molar-refractivity contribution in [3.8, 4) is 0 Å². The van der Waals surface area contributed by atoms with Crippen molar-refractivity contribution in [1.29, 1.82) is 0 Å². The number of hydrogen-bond acceptors (Lipinski definition) is 8. The van der Waals surface area contributed by atoms with Crippen molar-refractivity contribution in [2.24, 2.45) is 10.2 Å². The lowest BCUT2D eigenvalue weighted by Crippen LogP contribution is -2.51. The quantitative estimate of drug-likeness (QED) is 0.488. The fraction of sp³-hybridized carbons (Fsp3) is 0.167. The maximum absolute atomic E-state index is 13.7. The molecule has 0 fully saturated rings. The SMILES string of the molecule is CC1=NN(c2ccc(F)c(C)c2)C(=O)C1=NNC1(c2nnn[nH]2)C=CC=C(c2ccccc2)C1O. The lowest BCUT2D eigenvalue weighted by molar-refractivity contribution is -0.112. The molecular formula is C24H21FN8O2. The Balaban J connectivity index is 1.49. The van der Waals surface area contributed by atoms with Gasteiger partial charge in [0.15, 0.2) is 17.1 Å². The fourth-order valence-electron chi connectivity index (χ4n) is 4.02. The molecule has 176 valence electrons. The zero-order valence-corrected chi connectivity index (χ0v) is 18.8. The van der Waals surface area contributed by atoms with Crippen molar-refractivity contribution in [1.82, 2.24) is 26.0 Å². The van der Waals surface area contributed by atoms with Gasteiger partial charge in [-0.3, -0.25) is 10.2 Å². The molecular weight excluding hydrogens is 451 g/mol. The van der Waals surface area contributed by atoms with Gasteiger partial charge in [-0.1, -0.05) is 42.5 Å².